The number of rotatable bonds is 3. The van der Waals surface area contributed by atoms with Gasteiger partial charge in [-0.2, -0.15) is 0 Å². The minimum Gasteiger partial charge on any atom is -0.497 e. The lowest BCUT2D eigenvalue weighted by Gasteiger charge is -2.30. The summed E-state index contributed by atoms with van der Waals surface area (Å²) in [4.78, 5) is 12.2. The highest BCUT2D eigenvalue weighted by atomic mass is 16.5. The first-order valence-electron chi connectivity index (χ1n) is 6.50. The summed E-state index contributed by atoms with van der Waals surface area (Å²) in [5.74, 6) is 1.15. The average molecular weight is 248 g/mol. The Morgan fingerprint density at radius 2 is 1.83 bits per heavy atom. The number of ether oxygens (including phenoxy) is 2. The van der Waals surface area contributed by atoms with E-state index in [0.717, 1.165) is 25.7 Å². The number of methoxy groups -OCH3 is 1. The van der Waals surface area contributed by atoms with Crippen LogP contribution in [0.3, 0.4) is 0 Å². The van der Waals surface area contributed by atoms with Crippen molar-refractivity contribution in [1.29, 1.82) is 0 Å². The standard InChI is InChI=1S/C15H20O3/c1-15(9-4-3-5-10-15)14(16)18-13-8-6-7-12(11-13)17-2/h6-8,11H,3-5,9-10H2,1-2H3. The first-order chi connectivity index (χ1) is 8.64. The molecule has 1 saturated carbocycles. The average Bonchev–Trinajstić information content (AvgIpc) is 2.40. The lowest BCUT2D eigenvalue weighted by Crippen LogP contribution is -2.33. The summed E-state index contributed by atoms with van der Waals surface area (Å²) < 4.78 is 10.6. The van der Waals surface area contributed by atoms with Gasteiger partial charge in [0.05, 0.1) is 12.5 Å². The van der Waals surface area contributed by atoms with Crippen LogP contribution >= 0.6 is 0 Å². The molecule has 0 bridgehead atoms. The fraction of sp³-hybridized carbons (Fsp3) is 0.533. The van der Waals surface area contributed by atoms with Crippen LogP contribution in [0.1, 0.15) is 39.0 Å². The number of hydrogen-bond donors (Lipinski definition) is 0. The van der Waals surface area contributed by atoms with Crippen LogP contribution in [0.2, 0.25) is 0 Å². The van der Waals surface area contributed by atoms with Gasteiger partial charge in [-0.15, -0.1) is 0 Å². The van der Waals surface area contributed by atoms with Crippen LogP contribution in [-0.2, 0) is 4.79 Å². The Hall–Kier alpha value is -1.51. The van der Waals surface area contributed by atoms with Crippen LogP contribution in [-0.4, -0.2) is 13.1 Å². The largest absolute Gasteiger partial charge is 0.497 e. The zero-order valence-corrected chi connectivity index (χ0v) is 11.1. The molecule has 98 valence electrons. The molecule has 1 aromatic carbocycles. The molecule has 18 heavy (non-hydrogen) atoms. The molecule has 1 fully saturated rings. The van der Waals surface area contributed by atoms with Gasteiger partial charge in [0.15, 0.2) is 0 Å². The Labute approximate surface area is 108 Å². The molecule has 0 spiro atoms. The van der Waals surface area contributed by atoms with Crippen molar-refractivity contribution in [2.75, 3.05) is 7.11 Å². The van der Waals surface area contributed by atoms with Crippen LogP contribution in [0.25, 0.3) is 0 Å². The second-order valence-corrected chi connectivity index (χ2v) is 5.19. The van der Waals surface area contributed by atoms with Crippen molar-refractivity contribution >= 4 is 5.97 Å². The lowest BCUT2D eigenvalue weighted by molar-refractivity contribution is -0.146. The zero-order valence-electron chi connectivity index (χ0n) is 11.1. The summed E-state index contributed by atoms with van der Waals surface area (Å²) in [6.45, 7) is 2.01. The maximum atomic E-state index is 12.2. The second kappa shape index (κ2) is 5.42. The molecular formula is C15H20O3. The Morgan fingerprint density at radius 1 is 1.17 bits per heavy atom. The van der Waals surface area contributed by atoms with Crippen LogP contribution in [0.5, 0.6) is 11.5 Å². The fourth-order valence-corrected chi connectivity index (χ4v) is 2.43. The van der Waals surface area contributed by atoms with Crippen molar-refractivity contribution in [2.45, 2.75) is 39.0 Å². The fourth-order valence-electron chi connectivity index (χ4n) is 2.43. The molecular weight excluding hydrogens is 228 g/mol. The Balaban J connectivity index is 2.05. The Kier molecular flexibility index (Phi) is 3.90. The van der Waals surface area contributed by atoms with E-state index >= 15 is 0 Å². The van der Waals surface area contributed by atoms with E-state index in [1.54, 1.807) is 19.2 Å². The number of carbonyl (C=O) groups is 1. The van der Waals surface area contributed by atoms with Crippen molar-refractivity contribution < 1.29 is 14.3 Å². The number of esters is 1. The molecule has 0 unspecified atom stereocenters. The number of carbonyl (C=O) groups excluding carboxylic acids is 1. The van der Waals surface area contributed by atoms with E-state index in [1.807, 2.05) is 19.1 Å². The molecule has 1 aromatic rings. The highest BCUT2D eigenvalue weighted by molar-refractivity contribution is 5.78. The highest BCUT2D eigenvalue weighted by Crippen LogP contribution is 2.37. The molecule has 0 amide bonds. The molecule has 1 aliphatic rings. The van der Waals surface area contributed by atoms with Gasteiger partial charge < -0.3 is 9.47 Å². The van der Waals surface area contributed by atoms with Gasteiger partial charge in [0.25, 0.3) is 0 Å². The van der Waals surface area contributed by atoms with E-state index in [4.69, 9.17) is 9.47 Å². The van der Waals surface area contributed by atoms with E-state index in [-0.39, 0.29) is 11.4 Å². The molecule has 0 atom stereocenters. The van der Waals surface area contributed by atoms with Gasteiger partial charge in [0, 0.05) is 6.07 Å². The number of hydrogen-bond acceptors (Lipinski definition) is 3. The summed E-state index contributed by atoms with van der Waals surface area (Å²) in [5.41, 5.74) is -0.318. The van der Waals surface area contributed by atoms with E-state index in [9.17, 15) is 4.79 Å². The van der Waals surface area contributed by atoms with E-state index < -0.39 is 0 Å². The predicted octanol–water partition coefficient (Wildman–Crippen LogP) is 3.57. The monoisotopic (exact) mass is 248 g/mol. The van der Waals surface area contributed by atoms with Crippen LogP contribution < -0.4 is 9.47 Å². The molecule has 0 heterocycles. The molecule has 1 aliphatic carbocycles. The quantitative estimate of drug-likeness (QED) is 0.606. The summed E-state index contributed by atoms with van der Waals surface area (Å²) in [7, 11) is 1.60. The lowest BCUT2D eigenvalue weighted by atomic mass is 9.76. The normalized spacial score (nSPS) is 18.1. The molecule has 0 N–H and O–H groups in total. The third-order valence-electron chi connectivity index (χ3n) is 3.70. The molecule has 3 nitrogen and oxygen atoms in total. The first-order valence-corrected chi connectivity index (χ1v) is 6.50. The van der Waals surface area contributed by atoms with E-state index in [1.165, 1.54) is 6.42 Å². The van der Waals surface area contributed by atoms with Gasteiger partial charge in [-0.05, 0) is 31.9 Å². The third-order valence-corrected chi connectivity index (χ3v) is 3.70. The summed E-state index contributed by atoms with van der Waals surface area (Å²) in [6, 6.07) is 7.18. The molecule has 0 aromatic heterocycles. The summed E-state index contributed by atoms with van der Waals surface area (Å²) in [6.07, 6.45) is 5.31. The smallest absolute Gasteiger partial charge is 0.317 e. The topological polar surface area (TPSA) is 35.5 Å². The van der Waals surface area contributed by atoms with Gasteiger partial charge in [0.2, 0.25) is 0 Å². The van der Waals surface area contributed by atoms with Crippen molar-refractivity contribution in [1.82, 2.24) is 0 Å². The van der Waals surface area contributed by atoms with E-state index in [0.29, 0.717) is 11.5 Å². The molecule has 0 aliphatic heterocycles. The maximum Gasteiger partial charge on any atom is 0.317 e. The molecule has 3 heteroatoms. The van der Waals surface area contributed by atoms with Crippen molar-refractivity contribution in [3.05, 3.63) is 24.3 Å². The molecule has 2 rings (SSSR count). The van der Waals surface area contributed by atoms with Gasteiger partial charge in [-0.25, -0.2) is 0 Å². The van der Waals surface area contributed by atoms with Gasteiger partial charge >= 0.3 is 5.97 Å². The SMILES string of the molecule is COc1cccc(OC(=O)C2(C)CCCCC2)c1. The van der Waals surface area contributed by atoms with Gasteiger partial charge in [0.1, 0.15) is 11.5 Å². The minimum absolute atomic E-state index is 0.115. The van der Waals surface area contributed by atoms with Crippen molar-refractivity contribution in [3.8, 4) is 11.5 Å². The van der Waals surface area contributed by atoms with Crippen LogP contribution in [0.15, 0.2) is 24.3 Å². The maximum absolute atomic E-state index is 12.2. The second-order valence-electron chi connectivity index (χ2n) is 5.19. The third kappa shape index (κ3) is 2.84. The minimum atomic E-state index is -0.318. The van der Waals surface area contributed by atoms with Crippen LogP contribution in [0, 0.1) is 5.41 Å². The first kappa shape index (κ1) is 12.9. The summed E-state index contributed by atoms with van der Waals surface area (Å²) >= 11 is 0. The summed E-state index contributed by atoms with van der Waals surface area (Å²) in [5, 5.41) is 0. The predicted molar refractivity (Wildman–Crippen MR) is 69.8 cm³/mol. The van der Waals surface area contributed by atoms with Crippen molar-refractivity contribution in [2.24, 2.45) is 5.41 Å². The Morgan fingerprint density at radius 3 is 2.50 bits per heavy atom. The number of benzene rings is 1. The Bertz CT molecular complexity index is 420. The van der Waals surface area contributed by atoms with Gasteiger partial charge in [-0.3, -0.25) is 4.79 Å². The van der Waals surface area contributed by atoms with Crippen LogP contribution in [0.4, 0.5) is 0 Å². The van der Waals surface area contributed by atoms with Crippen molar-refractivity contribution in [3.63, 3.8) is 0 Å². The molecule has 0 radical (unpaired) electrons. The molecule has 0 saturated heterocycles. The zero-order chi connectivity index (χ0) is 13.0. The van der Waals surface area contributed by atoms with E-state index in [2.05, 4.69) is 0 Å². The van der Waals surface area contributed by atoms with Gasteiger partial charge in [-0.1, -0.05) is 25.3 Å². The highest BCUT2D eigenvalue weighted by Gasteiger charge is 2.36.